The van der Waals surface area contributed by atoms with Gasteiger partial charge in [0.2, 0.25) is 0 Å². The number of nitrogens with one attached hydrogen (secondary N) is 1. The van der Waals surface area contributed by atoms with Gasteiger partial charge in [-0.25, -0.2) is 14.1 Å². The fraction of sp³-hybridized carbons (Fsp3) is 0.0500. The number of carbonyl (C=O) groups excluding carboxylic acids is 1. The lowest BCUT2D eigenvalue weighted by atomic mass is 10.0. The minimum absolute atomic E-state index is 0.175. The van der Waals surface area contributed by atoms with E-state index in [0.29, 0.717) is 14.7 Å². The molecule has 0 fully saturated rings. The van der Waals surface area contributed by atoms with Gasteiger partial charge in [-0.05, 0) is 30.7 Å². The van der Waals surface area contributed by atoms with Gasteiger partial charge in [-0.1, -0.05) is 46.3 Å². The van der Waals surface area contributed by atoms with Gasteiger partial charge < -0.3 is 0 Å². The molecule has 0 aliphatic heterocycles. The van der Waals surface area contributed by atoms with Gasteiger partial charge in [0.05, 0.1) is 10.9 Å². The summed E-state index contributed by atoms with van der Waals surface area (Å²) in [6.45, 7) is 1.92. The van der Waals surface area contributed by atoms with Crippen molar-refractivity contribution in [2.24, 2.45) is 0 Å². The van der Waals surface area contributed by atoms with Crippen LogP contribution in [-0.2, 0) is 0 Å². The summed E-state index contributed by atoms with van der Waals surface area (Å²) in [5, 5.41) is 0.422. The van der Waals surface area contributed by atoms with Crippen LogP contribution in [0.1, 0.15) is 15.2 Å². The Bertz CT molecular complexity index is 1270. The van der Waals surface area contributed by atoms with Crippen LogP contribution in [-0.4, -0.2) is 15.6 Å². The van der Waals surface area contributed by atoms with Crippen molar-refractivity contribution in [1.29, 1.82) is 0 Å². The molecule has 2 aromatic carbocycles. The second kappa shape index (κ2) is 7.29. The van der Waals surface area contributed by atoms with E-state index < -0.39 is 17.3 Å². The van der Waals surface area contributed by atoms with E-state index in [9.17, 15) is 14.0 Å². The fourth-order valence-electron chi connectivity index (χ4n) is 2.98. The van der Waals surface area contributed by atoms with Gasteiger partial charge in [0.25, 0.3) is 11.5 Å². The zero-order chi connectivity index (χ0) is 19.8. The molecule has 5 nitrogen and oxygen atoms in total. The van der Waals surface area contributed by atoms with Gasteiger partial charge >= 0.3 is 0 Å². The lowest BCUT2D eigenvalue weighted by Gasteiger charge is -2.09. The van der Waals surface area contributed by atoms with E-state index in [2.05, 4.69) is 26.3 Å². The molecule has 0 saturated heterocycles. The number of carbonyl (C=O) groups is 1. The number of halogens is 2. The van der Waals surface area contributed by atoms with Crippen LogP contribution in [0.4, 0.5) is 4.39 Å². The van der Waals surface area contributed by atoms with E-state index >= 15 is 0 Å². The number of nitrogens with zero attached hydrogens (tertiary/aromatic N) is 2. The third-order valence-corrected chi connectivity index (χ3v) is 5.75. The largest absolute Gasteiger partial charge is 0.281 e. The van der Waals surface area contributed by atoms with E-state index in [1.165, 1.54) is 35.9 Å². The summed E-state index contributed by atoms with van der Waals surface area (Å²) in [4.78, 5) is 31.4. The van der Waals surface area contributed by atoms with Crippen molar-refractivity contribution in [3.63, 3.8) is 0 Å². The summed E-state index contributed by atoms with van der Waals surface area (Å²) in [6, 6.07) is 13.5. The van der Waals surface area contributed by atoms with Gasteiger partial charge in [0.1, 0.15) is 17.0 Å². The lowest BCUT2D eigenvalue weighted by Crippen LogP contribution is -2.33. The zero-order valence-corrected chi connectivity index (χ0v) is 17.0. The predicted octanol–water partition coefficient (Wildman–Crippen LogP) is 4.72. The average Bonchev–Trinajstić information content (AvgIpc) is 3.03. The summed E-state index contributed by atoms with van der Waals surface area (Å²) in [6.07, 6.45) is 1.24. The molecule has 0 radical (unpaired) electrons. The maximum atomic E-state index is 14.0. The molecule has 0 bridgehead atoms. The molecule has 4 rings (SSSR count). The molecule has 0 atom stereocenters. The van der Waals surface area contributed by atoms with Crippen molar-refractivity contribution in [3.8, 4) is 11.1 Å². The van der Waals surface area contributed by atoms with Crippen LogP contribution in [0.15, 0.2) is 64.1 Å². The highest BCUT2D eigenvalue weighted by Gasteiger charge is 2.19. The van der Waals surface area contributed by atoms with Crippen LogP contribution in [0, 0.1) is 12.7 Å². The Morgan fingerprint density at radius 1 is 1.21 bits per heavy atom. The van der Waals surface area contributed by atoms with Crippen molar-refractivity contribution in [2.75, 3.05) is 5.43 Å². The summed E-state index contributed by atoms with van der Waals surface area (Å²) < 4.78 is 15.5. The first-order chi connectivity index (χ1) is 13.5. The molecule has 2 heterocycles. The molecule has 0 saturated carbocycles. The maximum absolute atomic E-state index is 14.0. The molecule has 0 spiro atoms. The second-order valence-corrected chi connectivity index (χ2v) is 8.18. The van der Waals surface area contributed by atoms with Crippen molar-refractivity contribution in [1.82, 2.24) is 9.66 Å². The van der Waals surface area contributed by atoms with Gasteiger partial charge in [0.15, 0.2) is 0 Å². The van der Waals surface area contributed by atoms with E-state index in [4.69, 9.17) is 0 Å². The van der Waals surface area contributed by atoms with Crippen LogP contribution < -0.4 is 11.0 Å². The highest BCUT2D eigenvalue weighted by atomic mass is 79.9. The minimum atomic E-state index is -0.740. The number of aromatic nitrogens is 2. The number of fused-ring (bicyclic) bond motifs is 1. The first-order valence-corrected chi connectivity index (χ1v) is 9.89. The molecule has 1 amide bonds. The number of rotatable bonds is 3. The van der Waals surface area contributed by atoms with Crippen LogP contribution >= 0.6 is 27.3 Å². The minimum Gasteiger partial charge on any atom is -0.267 e. The van der Waals surface area contributed by atoms with E-state index in [-0.39, 0.29) is 5.56 Å². The molecule has 0 aliphatic rings. The monoisotopic (exact) mass is 457 g/mol. The Balaban J connectivity index is 1.81. The van der Waals surface area contributed by atoms with Gasteiger partial charge in [0, 0.05) is 14.9 Å². The number of thiophene rings is 1. The van der Waals surface area contributed by atoms with Crippen LogP contribution in [0.2, 0.25) is 0 Å². The number of benzene rings is 2. The maximum Gasteiger partial charge on any atom is 0.281 e. The lowest BCUT2D eigenvalue weighted by molar-refractivity contribution is 0.100. The number of hydrogen-bond acceptors (Lipinski definition) is 4. The second-order valence-electron chi connectivity index (χ2n) is 6.06. The highest BCUT2D eigenvalue weighted by Crippen LogP contribution is 2.35. The highest BCUT2D eigenvalue weighted by molar-refractivity contribution is 9.10. The summed E-state index contributed by atoms with van der Waals surface area (Å²) in [5.74, 6) is -1.42. The topological polar surface area (TPSA) is 64.0 Å². The third kappa shape index (κ3) is 3.25. The predicted molar refractivity (Wildman–Crippen MR) is 112 cm³/mol. The van der Waals surface area contributed by atoms with Crippen molar-refractivity contribution >= 4 is 43.4 Å². The zero-order valence-electron chi connectivity index (χ0n) is 14.6. The standard InChI is InChI=1S/C20H13BrFN3O2S/c1-11-16(12-5-3-2-4-6-12)17-19(28-11)23-10-25(20(17)27)24-18(26)14-9-13(21)7-8-15(14)22/h2-10H,1H3,(H,24,26). The van der Waals surface area contributed by atoms with Crippen LogP contribution in [0.25, 0.3) is 21.3 Å². The number of aryl methyl sites for hydroxylation is 1. The van der Waals surface area contributed by atoms with Gasteiger partial charge in [-0.2, -0.15) is 0 Å². The quantitative estimate of drug-likeness (QED) is 0.484. The molecular weight excluding hydrogens is 445 g/mol. The summed E-state index contributed by atoms with van der Waals surface area (Å²) in [7, 11) is 0. The normalized spacial score (nSPS) is 11.0. The van der Waals surface area contributed by atoms with E-state index in [0.717, 1.165) is 20.7 Å². The first-order valence-electron chi connectivity index (χ1n) is 8.28. The Kier molecular flexibility index (Phi) is 4.82. The summed E-state index contributed by atoms with van der Waals surface area (Å²) in [5.41, 5.74) is 3.51. The first kappa shape index (κ1) is 18.5. The SMILES string of the molecule is Cc1sc2ncn(NC(=O)c3cc(Br)ccc3F)c(=O)c2c1-c1ccccc1. The Morgan fingerprint density at radius 3 is 2.71 bits per heavy atom. The molecular formula is C20H13BrFN3O2S. The fourth-order valence-corrected chi connectivity index (χ4v) is 4.34. The molecule has 0 unspecified atom stereocenters. The molecule has 8 heteroatoms. The summed E-state index contributed by atoms with van der Waals surface area (Å²) >= 11 is 4.62. The van der Waals surface area contributed by atoms with Gasteiger partial charge in [-0.3, -0.25) is 15.0 Å². The number of hydrogen-bond donors (Lipinski definition) is 1. The average molecular weight is 458 g/mol. The number of amides is 1. The molecule has 1 N–H and O–H groups in total. The third-order valence-electron chi connectivity index (χ3n) is 4.25. The Morgan fingerprint density at radius 2 is 1.96 bits per heavy atom. The molecule has 2 aromatic heterocycles. The van der Waals surface area contributed by atoms with Crippen molar-refractivity contribution in [2.45, 2.75) is 6.92 Å². The van der Waals surface area contributed by atoms with Crippen LogP contribution in [0.5, 0.6) is 0 Å². The Labute approximate surface area is 171 Å². The van der Waals surface area contributed by atoms with E-state index in [1.54, 1.807) is 0 Å². The van der Waals surface area contributed by atoms with E-state index in [1.807, 2.05) is 37.3 Å². The van der Waals surface area contributed by atoms with Gasteiger partial charge in [-0.15, -0.1) is 11.3 Å². The Hall–Kier alpha value is -2.84. The molecule has 28 heavy (non-hydrogen) atoms. The smallest absolute Gasteiger partial charge is 0.267 e. The molecule has 140 valence electrons. The van der Waals surface area contributed by atoms with Crippen molar-refractivity contribution < 1.29 is 9.18 Å². The van der Waals surface area contributed by atoms with Crippen LogP contribution in [0.3, 0.4) is 0 Å². The molecule has 0 aliphatic carbocycles. The van der Waals surface area contributed by atoms with Crippen molar-refractivity contribution in [3.05, 3.63) is 85.9 Å². The molecule has 4 aromatic rings.